The number of nitrogens with one attached hydrogen (secondary N) is 6. The molecule has 0 saturated heterocycles. The smallest absolute Gasteiger partial charge is 0.355 e. The molecule has 0 aliphatic heterocycles. The Labute approximate surface area is 509 Å². The first-order valence-corrected chi connectivity index (χ1v) is 35.7. The molecule has 458 valence electrons. The molecular weight excluding hydrogens is 1160 g/mol. The molecule has 3 aliphatic rings. The average Bonchev–Trinajstić information content (AvgIpc) is 1.60. The fraction of sp³-hybridized carbons (Fsp3) is 0.364. The van der Waals surface area contributed by atoms with Crippen LogP contribution in [0.25, 0.3) is 18.2 Å². The number of sulfonamides is 3. The third kappa shape index (κ3) is 14.7. The number of anilines is 6. The zero-order valence-corrected chi connectivity index (χ0v) is 53.3. The Morgan fingerprint density at radius 1 is 0.407 bits per heavy atom. The summed E-state index contributed by atoms with van der Waals surface area (Å²) in [6, 6.07) is 36.6. The SMILES string of the molecule is C=Cc1ccc(C(CC)(CC)OP(=O)(OC(CC)(CC)c2ccc(C=C)cc2Nc2ccc(S(=O)(=O)NC3CC3)cc2)OC(CC)(CC)c2ccc(C=C)cc2Nc2ccc(S(=O)(=O)NC3CC3)cc2)c(Nc2ccc(S(=O)(=O)NC3CC3)cc2)c1. The quantitative estimate of drug-likeness (QED) is 0.0212. The minimum absolute atomic E-state index is 0.0614. The Kier molecular flexibility index (Phi) is 19.6. The van der Waals surface area contributed by atoms with Crippen LogP contribution in [0.15, 0.2) is 162 Å². The van der Waals surface area contributed by atoms with Gasteiger partial charge < -0.3 is 16.0 Å². The van der Waals surface area contributed by atoms with Crippen LogP contribution in [0.4, 0.5) is 34.1 Å². The summed E-state index contributed by atoms with van der Waals surface area (Å²) in [5.74, 6) is 0. The summed E-state index contributed by atoms with van der Waals surface area (Å²) in [7, 11) is -16.2. The molecule has 0 heterocycles. The highest BCUT2D eigenvalue weighted by molar-refractivity contribution is 7.90. The van der Waals surface area contributed by atoms with Gasteiger partial charge in [-0.15, -0.1) is 0 Å². The molecule has 6 N–H and O–H groups in total. The first-order valence-electron chi connectivity index (χ1n) is 29.8. The number of hydrogen-bond donors (Lipinski definition) is 6. The van der Waals surface area contributed by atoms with Gasteiger partial charge in [-0.25, -0.2) is 44.0 Å². The zero-order chi connectivity index (χ0) is 61.7. The summed E-state index contributed by atoms with van der Waals surface area (Å²) in [4.78, 5) is 0.419. The van der Waals surface area contributed by atoms with Crippen LogP contribution in [-0.2, 0) is 65.0 Å². The van der Waals surface area contributed by atoms with Crippen LogP contribution < -0.4 is 30.1 Å². The monoisotopic (exact) mass is 1240 g/mol. The van der Waals surface area contributed by atoms with Crippen molar-refractivity contribution in [2.45, 2.75) is 168 Å². The van der Waals surface area contributed by atoms with Gasteiger partial charge in [0.25, 0.3) is 0 Å². The molecule has 20 heteroatoms. The van der Waals surface area contributed by atoms with Crippen LogP contribution in [-0.4, -0.2) is 43.4 Å². The summed E-state index contributed by atoms with van der Waals surface area (Å²) in [6.07, 6.45) is 11.6. The van der Waals surface area contributed by atoms with Gasteiger partial charge in [0.15, 0.2) is 0 Å². The normalized spacial score (nSPS) is 15.2. The van der Waals surface area contributed by atoms with Crippen LogP contribution >= 0.6 is 7.82 Å². The van der Waals surface area contributed by atoms with Gasteiger partial charge in [-0.3, -0.25) is 13.6 Å². The van der Waals surface area contributed by atoms with E-state index in [2.05, 4.69) is 49.9 Å². The van der Waals surface area contributed by atoms with E-state index in [1.54, 1.807) is 91.0 Å². The van der Waals surface area contributed by atoms with E-state index in [1.165, 1.54) is 0 Å². The van der Waals surface area contributed by atoms with Crippen LogP contribution in [0.3, 0.4) is 0 Å². The van der Waals surface area contributed by atoms with Gasteiger partial charge in [0.2, 0.25) is 30.1 Å². The minimum Gasteiger partial charge on any atom is -0.355 e. The van der Waals surface area contributed by atoms with Gasteiger partial charge in [-0.2, -0.15) is 0 Å². The summed E-state index contributed by atoms with van der Waals surface area (Å²) in [5, 5.41) is 10.6. The molecule has 0 aromatic heterocycles. The summed E-state index contributed by atoms with van der Waals surface area (Å²) in [5.41, 5.74) is 3.51. The Morgan fingerprint density at radius 2 is 0.640 bits per heavy atom. The largest absolute Gasteiger partial charge is 0.477 e. The van der Waals surface area contributed by atoms with Crippen LogP contribution in [0.1, 0.15) is 152 Å². The molecule has 86 heavy (non-hydrogen) atoms. The molecule has 6 aromatic rings. The molecular formula is C66H81N6O10PS3. The molecule has 0 spiro atoms. The van der Waals surface area contributed by atoms with Crippen molar-refractivity contribution in [1.29, 1.82) is 0 Å². The van der Waals surface area contributed by atoms with Crippen molar-refractivity contribution in [3.63, 3.8) is 0 Å². The predicted octanol–water partition coefficient (Wildman–Crippen LogP) is 15.8. The molecule has 0 amide bonds. The molecule has 0 radical (unpaired) electrons. The molecule has 0 atom stereocenters. The number of benzene rings is 6. The van der Waals surface area contributed by atoms with E-state index < -0.39 is 54.7 Å². The molecule has 3 saturated carbocycles. The molecule has 3 aliphatic carbocycles. The molecule has 0 unspecified atom stereocenters. The van der Waals surface area contributed by atoms with E-state index in [0.717, 1.165) is 55.2 Å². The lowest BCUT2D eigenvalue weighted by Gasteiger charge is -2.44. The first kappa shape index (κ1) is 64.3. The lowest BCUT2D eigenvalue weighted by molar-refractivity contribution is -0.0810. The maximum atomic E-state index is 17.4. The Hall–Kier alpha value is -6.22. The van der Waals surface area contributed by atoms with E-state index in [1.807, 2.05) is 96.1 Å². The average molecular weight is 1250 g/mol. The minimum atomic E-state index is -5.00. The maximum Gasteiger partial charge on any atom is 0.477 e. The van der Waals surface area contributed by atoms with Gasteiger partial charge in [0.05, 0.1) is 14.7 Å². The topological polar surface area (TPSA) is 219 Å². The van der Waals surface area contributed by atoms with E-state index >= 15 is 4.57 Å². The van der Waals surface area contributed by atoms with Crippen LogP contribution in [0, 0.1) is 0 Å². The number of phosphoric ester groups is 1. The Bertz CT molecular complexity index is 3440. The fourth-order valence-corrected chi connectivity index (χ4v) is 17.2. The second-order valence-corrected chi connectivity index (χ2v) is 29.1. The van der Waals surface area contributed by atoms with E-state index in [4.69, 9.17) is 13.6 Å². The Morgan fingerprint density at radius 3 is 0.837 bits per heavy atom. The highest BCUT2D eigenvalue weighted by Gasteiger charge is 2.52. The lowest BCUT2D eigenvalue weighted by atomic mass is 9.86. The third-order valence-electron chi connectivity index (χ3n) is 16.6. The lowest BCUT2D eigenvalue weighted by Crippen LogP contribution is -2.36. The van der Waals surface area contributed by atoms with Gasteiger partial charge in [0.1, 0.15) is 16.8 Å². The molecule has 6 aromatic carbocycles. The fourth-order valence-electron chi connectivity index (χ4n) is 10.8. The Balaban J connectivity index is 1.16. The summed E-state index contributed by atoms with van der Waals surface area (Å²) in [6.45, 7) is 23.9. The van der Waals surface area contributed by atoms with Crippen molar-refractivity contribution in [2.75, 3.05) is 16.0 Å². The van der Waals surface area contributed by atoms with E-state index in [-0.39, 0.29) is 71.3 Å². The van der Waals surface area contributed by atoms with Crippen LogP contribution in [0.5, 0.6) is 0 Å². The van der Waals surface area contributed by atoms with Crippen molar-refractivity contribution in [3.8, 4) is 0 Å². The summed E-state index contributed by atoms with van der Waals surface area (Å²) >= 11 is 0. The first-order chi connectivity index (χ1) is 41.0. The standard InChI is InChI=1S/C66H81N6O10PS3/c1-10-46-19-40-58(61(43-46)67-49-28-34-55(35-29-49)84(74,75)70-52-22-23-52)64(13-4,14-5)80-83(73,81-65(15-6,16-7)59-41-20-47(11-2)44-62(59)68-50-30-36-56(37-31-50)85(76,77)71-53-24-25-53)82-66(17-8,18-9)60-42-21-48(12-3)45-63(60)69-51-32-38-57(39-33-51)86(78,79)72-54-26-27-54/h10-12,19-21,28-45,52-54,67-72H,1-3,13-18,22-27H2,4-9H3. The van der Waals surface area contributed by atoms with Crippen molar-refractivity contribution < 1.29 is 43.4 Å². The maximum absolute atomic E-state index is 17.4. The molecule has 3 fully saturated rings. The highest BCUT2D eigenvalue weighted by atomic mass is 32.2. The van der Waals surface area contributed by atoms with Crippen molar-refractivity contribution in [2.24, 2.45) is 0 Å². The third-order valence-corrected chi connectivity index (χ3v) is 23.0. The van der Waals surface area contributed by atoms with Gasteiger partial charge >= 0.3 is 7.82 Å². The second-order valence-electron chi connectivity index (χ2n) is 22.5. The number of hydrogen-bond acceptors (Lipinski definition) is 13. The molecule has 16 nitrogen and oxygen atoms in total. The van der Waals surface area contributed by atoms with E-state index in [0.29, 0.717) is 50.8 Å². The van der Waals surface area contributed by atoms with Crippen molar-refractivity contribution >= 4 is 90.2 Å². The number of rotatable bonds is 33. The number of phosphoric acid groups is 1. The zero-order valence-electron chi connectivity index (χ0n) is 49.9. The predicted molar refractivity (Wildman–Crippen MR) is 346 cm³/mol. The van der Waals surface area contributed by atoms with Crippen LogP contribution in [0.2, 0.25) is 0 Å². The highest BCUT2D eigenvalue weighted by Crippen LogP contribution is 2.66. The van der Waals surface area contributed by atoms with Crippen molar-refractivity contribution in [3.05, 3.63) is 181 Å². The second kappa shape index (κ2) is 26.2. The van der Waals surface area contributed by atoms with Gasteiger partial charge in [-0.05, 0) is 185 Å². The van der Waals surface area contributed by atoms with Gasteiger partial charge in [-0.1, -0.05) is 116 Å². The summed E-state index contributed by atoms with van der Waals surface area (Å²) < 4.78 is 127. The van der Waals surface area contributed by atoms with Gasteiger partial charge in [0, 0.05) is 68.9 Å². The van der Waals surface area contributed by atoms with Crippen molar-refractivity contribution in [1.82, 2.24) is 14.2 Å². The molecule has 0 bridgehead atoms. The molecule has 9 rings (SSSR count). The van der Waals surface area contributed by atoms with E-state index in [9.17, 15) is 25.3 Å².